The summed E-state index contributed by atoms with van der Waals surface area (Å²) in [5.74, 6) is 0. The average Bonchev–Trinajstić information content (AvgIpc) is 3.15. The van der Waals surface area contributed by atoms with Crippen molar-refractivity contribution in [3.63, 3.8) is 0 Å². The van der Waals surface area contributed by atoms with Gasteiger partial charge in [0.2, 0.25) is 0 Å². The van der Waals surface area contributed by atoms with E-state index >= 15 is 0 Å². The highest BCUT2D eigenvalue weighted by Crippen LogP contribution is 2.45. The molecule has 2 aliphatic heterocycles. The van der Waals surface area contributed by atoms with E-state index in [1.807, 2.05) is 12.3 Å². The maximum absolute atomic E-state index is 5.94. The molecule has 32 heavy (non-hydrogen) atoms. The topological polar surface area (TPSA) is 31.4 Å². The molecule has 0 amide bonds. The molecule has 5 rings (SSSR count). The minimum atomic E-state index is 0.0136. The minimum Gasteiger partial charge on any atom is -0.366 e. The molecular weight excluding hydrogens is 412 g/mol. The minimum absolute atomic E-state index is 0.0136. The Bertz CT molecular complexity index is 1040. The zero-order valence-electron chi connectivity index (χ0n) is 19.6. The number of likely N-dealkylation sites (N-methyl/N-ethyl adjacent to an activating group) is 1. The molecule has 1 saturated heterocycles. The fraction of sp³-hybridized carbons (Fsp3) is 0.481. The number of hydrogen-bond acceptors (Lipinski definition) is 3. The lowest BCUT2D eigenvalue weighted by Crippen LogP contribution is -2.42. The number of pyridine rings is 1. The molecule has 0 bridgehead atoms. The monoisotopic (exact) mass is 446 g/mol. The van der Waals surface area contributed by atoms with E-state index in [1.165, 1.54) is 54.5 Å². The third kappa shape index (κ3) is 3.61. The van der Waals surface area contributed by atoms with Gasteiger partial charge in [-0.15, -0.1) is 0 Å². The Balaban J connectivity index is 1.60. The van der Waals surface area contributed by atoms with E-state index < -0.39 is 0 Å². The molecule has 2 fully saturated rings. The van der Waals surface area contributed by atoms with Gasteiger partial charge in [0.25, 0.3) is 0 Å². The van der Waals surface area contributed by atoms with Gasteiger partial charge in [0.1, 0.15) is 0 Å². The number of anilines is 1. The van der Waals surface area contributed by atoms with Crippen LogP contribution in [0.25, 0.3) is 5.57 Å². The van der Waals surface area contributed by atoms with Gasteiger partial charge in [-0.1, -0.05) is 37.5 Å². The third-order valence-electron chi connectivity index (χ3n) is 7.69. The summed E-state index contributed by atoms with van der Waals surface area (Å²) in [4.78, 5) is 9.60. The molecular formula is C27H34N4S. The molecule has 2 unspecified atom stereocenters. The zero-order chi connectivity index (χ0) is 22.5. The van der Waals surface area contributed by atoms with E-state index in [1.54, 1.807) is 0 Å². The smallest absolute Gasteiger partial charge is 0.170 e. The van der Waals surface area contributed by atoms with Gasteiger partial charge in [-0.2, -0.15) is 0 Å². The second kappa shape index (κ2) is 8.18. The van der Waals surface area contributed by atoms with Crippen LogP contribution < -0.4 is 10.2 Å². The molecule has 168 valence electrons. The van der Waals surface area contributed by atoms with Gasteiger partial charge in [-0.05, 0) is 81.2 Å². The molecule has 4 nitrogen and oxygen atoms in total. The van der Waals surface area contributed by atoms with E-state index in [-0.39, 0.29) is 17.6 Å². The van der Waals surface area contributed by atoms with Crippen LogP contribution in [0.15, 0.2) is 48.7 Å². The van der Waals surface area contributed by atoms with Crippen molar-refractivity contribution in [3.8, 4) is 0 Å². The summed E-state index contributed by atoms with van der Waals surface area (Å²) in [7, 11) is 2.19. The Hall–Kier alpha value is -2.40. The van der Waals surface area contributed by atoms with Crippen molar-refractivity contribution in [2.45, 2.75) is 76.5 Å². The van der Waals surface area contributed by atoms with Crippen LogP contribution in [-0.2, 0) is 0 Å². The lowest BCUT2D eigenvalue weighted by Gasteiger charge is -2.41. The molecule has 3 heterocycles. The summed E-state index contributed by atoms with van der Waals surface area (Å²) >= 11 is 5.94. The highest BCUT2D eigenvalue weighted by Gasteiger charge is 2.43. The number of benzene rings is 1. The quantitative estimate of drug-likeness (QED) is 0.583. The average molecular weight is 447 g/mol. The number of fused-ring (bicyclic) bond motifs is 1. The fourth-order valence-electron chi connectivity index (χ4n) is 5.84. The standard InChI is InChI=1S/C27H34N4S/c1-18-17-27(2,3)30(4)23-14-13-19(16-21(18)23)25-24(22-12-8-9-15-28-22)29-26(32)31(25)20-10-6-5-7-11-20/h8-9,12-17,20,24-25H,5-7,10-11H2,1-4H3,(H,29,32). The van der Waals surface area contributed by atoms with Crippen molar-refractivity contribution in [1.82, 2.24) is 15.2 Å². The number of nitrogens with one attached hydrogen (secondary N) is 1. The van der Waals surface area contributed by atoms with Crippen molar-refractivity contribution in [2.24, 2.45) is 0 Å². The third-order valence-corrected chi connectivity index (χ3v) is 8.01. The summed E-state index contributed by atoms with van der Waals surface area (Å²) in [6, 6.07) is 13.9. The van der Waals surface area contributed by atoms with Crippen LogP contribution in [-0.4, -0.2) is 33.6 Å². The number of aromatic nitrogens is 1. The van der Waals surface area contributed by atoms with Crippen molar-refractivity contribution in [2.75, 3.05) is 11.9 Å². The zero-order valence-corrected chi connectivity index (χ0v) is 20.5. The summed E-state index contributed by atoms with van der Waals surface area (Å²) in [6.07, 6.45) is 10.6. The molecule has 2 aromatic rings. The normalized spacial score (nSPS) is 25.4. The van der Waals surface area contributed by atoms with Crippen LogP contribution in [0.3, 0.4) is 0 Å². The molecule has 0 spiro atoms. The van der Waals surface area contributed by atoms with Gasteiger partial charge in [-0.25, -0.2) is 0 Å². The molecule has 1 aliphatic carbocycles. The molecule has 5 heteroatoms. The Morgan fingerprint density at radius 2 is 1.88 bits per heavy atom. The van der Waals surface area contributed by atoms with Crippen LogP contribution in [0.2, 0.25) is 0 Å². The molecule has 1 N–H and O–H groups in total. The fourth-order valence-corrected chi connectivity index (χ4v) is 6.22. The van der Waals surface area contributed by atoms with Gasteiger partial charge < -0.3 is 15.1 Å². The van der Waals surface area contributed by atoms with Crippen LogP contribution in [0, 0.1) is 0 Å². The Morgan fingerprint density at radius 3 is 2.59 bits per heavy atom. The first kappa shape index (κ1) is 21.4. The first-order valence-electron chi connectivity index (χ1n) is 11.9. The lowest BCUT2D eigenvalue weighted by atomic mass is 9.86. The molecule has 3 aliphatic rings. The number of thiocarbonyl (C=S) groups is 1. The van der Waals surface area contributed by atoms with E-state index in [0.29, 0.717) is 6.04 Å². The van der Waals surface area contributed by atoms with Gasteiger partial charge in [-0.3, -0.25) is 4.98 Å². The van der Waals surface area contributed by atoms with Gasteiger partial charge in [0, 0.05) is 30.5 Å². The SMILES string of the molecule is CC1=CC(C)(C)N(C)c2ccc(C3C(c4ccccn4)NC(=S)N3C3CCCCC3)cc21. The molecule has 1 saturated carbocycles. The largest absolute Gasteiger partial charge is 0.366 e. The van der Waals surface area contributed by atoms with Crippen molar-refractivity contribution in [1.29, 1.82) is 0 Å². The number of allylic oxidation sites excluding steroid dienone is 1. The highest BCUT2D eigenvalue weighted by atomic mass is 32.1. The second-order valence-electron chi connectivity index (χ2n) is 10.1. The van der Waals surface area contributed by atoms with Crippen molar-refractivity contribution < 1.29 is 0 Å². The number of rotatable bonds is 3. The number of hydrogen-bond donors (Lipinski definition) is 1. The van der Waals surface area contributed by atoms with Gasteiger partial charge in [0.15, 0.2) is 5.11 Å². The molecule has 1 aromatic carbocycles. The second-order valence-corrected chi connectivity index (χ2v) is 10.5. The predicted octanol–water partition coefficient (Wildman–Crippen LogP) is 6.02. The Kier molecular flexibility index (Phi) is 5.48. The summed E-state index contributed by atoms with van der Waals surface area (Å²) in [5.41, 5.74) is 6.35. The van der Waals surface area contributed by atoms with Crippen LogP contribution in [0.1, 0.15) is 81.8 Å². The number of nitrogens with zero attached hydrogens (tertiary/aromatic N) is 3. The van der Waals surface area contributed by atoms with Crippen molar-refractivity contribution in [3.05, 3.63) is 65.5 Å². The summed E-state index contributed by atoms with van der Waals surface area (Å²) in [6.45, 7) is 6.78. The maximum atomic E-state index is 5.94. The molecule has 1 aromatic heterocycles. The molecule has 2 atom stereocenters. The molecule has 0 radical (unpaired) electrons. The first-order chi connectivity index (χ1) is 15.4. The highest BCUT2D eigenvalue weighted by molar-refractivity contribution is 7.80. The van der Waals surface area contributed by atoms with Crippen molar-refractivity contribution >= 4 is 28.6 Å². The predicted molar refractivity (Wildman–Crippen MR) is 137 cm³/mol. The maximum Gasteiger partial charge on any atom is 0.170 e. The summed E-state index contributed by atoms with van der Waals surface area (Å²) < 4.78 is 0. The van der Waals surface area contributed by atoms with Crippen LogP contribution in [0.5, 0.6) is 0 Å². The summed E-state index contributed by atoms with van der Waals surface area (Å²) in [5, 5.41) is 4.52. The first-order valence-corrected chi connectivity index (χ1v) is 12.3. The van der Waals surface area contributed by atoms with Crippen LogP contribution >= 0.6 is 12.2 Å². The Labute approximate surface area is 197 Å². The van der Waals surface area contributed by atoms with Crippen LogP contribution in [0.4, 0.5) is 5.69 Å². The van der Waals surface area contributed by atoms with E-state index in [2.05, 4.69) is 79.3 Å². The Morgan fingerprint density at radius 1 is 1.09 bits per heavy atom. The van der Waals surface area contributed by atoms with E-state index in [9.17, 15) is 0 Å². The van der Waals surface area contributed by atoms with Gasteiger partial charge in [0.05, 0.1) is 23.3 Å². The van der Waals surface area contributed by atoms with Gasteiger partial charge >= 0.3 is 0 Å². The van der Waals surface area contributed by atoms with E-state index in [0.717, 1.165) is 10.8 Å². The van der Waals surface area contributed by atoms with E-state index in [4.69, 9.17) is 17.2 Å². The lowest BCUT2D eigenvalue weighted by molar-refractivity contribution is 0.197.